The van der Waals surface area contributed by atoms with E-state index in [1.807, 2.05) is 4.90 Å². The monoisotopic (exact) mass is 388 g/mol. The van der Waals surface area contributed by atoms with Crippen molar-refractivity contribution in [2.45, 2.75) is 23.8 Å². The number of anilines is 3. The number of nitrogens with one attached hydrogen (secondary N) is 1. The number of hydrogen-bond acceptors (Lipinski definition) is 8. The lowest BCUT2D eigenvalue weighted by Gasteiger charge is -2.33. The summed E-state index contributed by atoms with van der Waals surface area (Å²) in [6.07, 6.45) is 3.49. The van der Waals surface area contributed by atoms with Gasteiger partial charge in [0.2, 0.25) is 16.0 Å². The largest absolute Gasteiger partial charge is 0.380 e. The number of rotatable bonds is 5. The summed E-state index contributed by atoms with van der Waals surface area (Å²) in [4.78, 5) is 10.7. The van der Waals surface area contributed by atoms with E-state index in [0.29, 0.717) is 29.6 Å². The smallest absolute Gasteiger partial charge is 0.238 e. The van der Waals surface area contributed by atoms with Gasteiger partial charge in [-0.05, 0) is 37.1 Å². The summed E-state index contributed by atoms with van der Waals surface area (Å²) in [6, 6.07) is 8.07. The maximum atomic E-state index is 11.3. The Kier molecular flexibility index (Phi) is 5.55. The van der Waals surface area contributed by atoms with Crippen LogP contribution in [0.5, 0.6) is 0 Å². The van der Waals surface area contributed by atoms with E-state index in [4.69, 9.17) is 9.88 Å². The van der Waals surface area contributed by atoms with Crippen LogP contribution in [-0.4, -0.2) is 44.7 Å². The van der Waals surface area contributed by atoms with Crippen molar-refractivity contribution >= 4 is 27.5 Å². The summed E-state index contributed by atoms with van der Waals surface area (Å²) in [7, 11) is -2.07. The molecule has 2 heterocycles. The van der Waals surface area contributed by atoms with Crippen molar-refractivity contribution in [3.63, 3.8) is 0 Å². The Morgan fingerprint density at radius 1 is 1.37 bits per heavy atom. The van der Waals surface area contributed by atoms with Crippen molar-refractivity contribution < 1.29 is 13.2 Å². The van der Waals surface area contributed by atoms with Gasteiger partial charge in [-0.15, -0.1) is 0 Å². The molecule has 0 spiro atoms. The van der Waals surface area contributed by atoms with Crippen LogP contribution in [0.1, 0.15) is 18.4 Å². The van der Waals surface area contributed by atoms with E-state index < -0.39 is 10.0 Å². The highest BCUT2D eigenvalue weighted by Crippen LogP contribution is 2.24. The molecule has 1 aromatic heterocycles. The highest BCUT2D eigenvalue weighted by atomic mass is 32.2. The molecule has 0 unspecified atom stereocenters. The number of hydrogen-bond donors (Lipinski definition) is 2. The topological polar surface area (TPSA) is 134 Å². The number of methoxy groups -OCH3 is 1. The summed E-state index contributed by atoms with van der Waals surface area (Å²) < 4.78 is 28.1. The molecule has 10 heteroatoms. The molecular weight excluding hydrogens is 368 g/mol. The molecule has 0 saturated carbocycles. The van der Waals surface area contributed by atoms with E-state index in [9.17, 15) is 13.7 Å². The Labute approximate surface area is 157 Å². The number of piperidine rings is 1. The molecule has 1 atom stereocenters. The van der Waals surface area contributed by atoms with Crippen molar-refractivity contribution in [1.82, 2.24) is 9.97 Å². The number of nitriles is 1. The van der Waals surface area contributed by atoms with Gasteiger partial charge in [-0.2, -0.15) is 10.2 Å². The number of nitrogens with zero attached hydrogens (tertiary/aromatic N) is 4. The van der Waals surface area contributed by atoms with Crippen LogP contribution in [-0.2, 0) is 14.8 Å². The fraction of sp³-hybridized carbons (Fsp3) is 0.353. The van der Waals surface area contributed by atoms with Gasteiger partial charge in [0.05, 0.1) is 17.2 Å². The first-order chi connectivity index (χ1) is 12.9. The molecule has 1 fully saturated rings. The molecule has 0 bridgehead atoms. The van der Waals surface area contributed by atoms with Gasteiger partial charge in [0, 0.05) is 25.9 Å². The second-order valence-electron chi connectivity index (χ2n) is 6.18. The minimum absolute atomic E-state index is 0.0217. The molecule has 1 aliphatic heterocycles. The third kappa shape index (κ3) is 4.51. The fourth-order valence-electron chi connectivity index (χ4n) is 2.93. The van der Waals surface area contributed by atoms with Crippen molar-refractivity contribution in [3.05, 3.63) is 36.0 Å². The van der Waals surface area contributed by atoms with Crippen LogP contribution in [0.2, 0.25) is 0 Å². The SMILES string of the molecule is CO[C@H]1CCCN(c2nc(Nc3ccc(S(N)(=O)=O)cc3)ncc2C#N)C1. The first-order valence-electron chi connectivity index (χ1n) is 8.35. The average molecular weight is 388 g/mol. The molecule has 27 heavy (non-hydrogen) atoms. The molecular formula is C17H20N6O3S. The van der Waals surface area contributed by atoms with E-state index in [1.54, 1.807) is 19.2 Å². The van der Waals surface area contributed by atoms with Gasteiger partial charge >= 0.3 is 0 Å². The van der Waals surface area contributed by atoms with Gasteiger partial charge in [-0.25, -0.2) is 18.5 Å². The third-order valence-corrected chi connectivity index (χ3v) is 5.27. The summed E-state index contributed by atoms with van der Waals surface area (Å²) in [5, 5.41) is 17.5. The molecule has 3 N–H and O–H groups in total. The minimum Gasteiger partial charge on any atom is -0.380 e. The van der Waals surface area contributed by atoms with E-state index in [2.05, 4.69) is 21.4 Å². The highest BCUT2D eigenvalue weighted by Gasteiger charge is 2.23. The van der Waals surface area contributed by atoms with Gasteiger partial charge in [0.25, 0.3) is 0 Å². The highest BCUT2D eigenvalue weighted by molar-refractivity contribution is 7.89. The van der Waals surface area contributed by atoms with Crippen molar-refractivity contribution in [2.75, 3.05) is 30.4 Å². The molecule has 2 aromatic rings. The number of nitrogens with two attached hydrogens (primary N) is 1. The summed E-state index contributed by atoms with van der Waals surface area (Å²) in [5.74, 6) is 0.866. The predicted octanol–water partition coefficient (Wildman–Crippen LogP) is 1.35. The van der Waals surface area contributed by atoms with E-state index in [-0.39, 0.29) is 11.0 Å². The third-order valence-electron chi connectivity index (χ3n) is 4.34. The summed E-state index contributed by atoms with van der Waals surface area (Å²) in [6.45, 7) is 1.44. The van der Waals surface area contributed by atoms with Crippen molar-refractivity contribution in [1.29, 1.82) is 5.26 Å². The van der Waals surface area contributed by atoms with Crippen LogP contribution < -0.4 is 15.4 Å². The van der Waals surface area contributed by atoms with Gasteiger partial charge in [0.1, 0.15) is 11.6 Å². The molecule has 0 aliphatic carbocycles. The Bertz CT molecular complexity index is 956. The normalized spacial score (nSPS) is 17.4. The molecule has 1 aliphatic rings. The molecule has 3 rings (SSSR count). The lowest BCUT2D eigenvalue weighted by Crippen LogP contribution is -2.40. The van der Waals surface area contributed by atoms with Gasteiger partial charge in [-0.3, -0.25) is 0 Å². The number of aromatic nitrogens is 2. The first kappa shape index (κ1) is 19.0. The Morgan fingerprint density at radius 3 is 2.74 bits per heavy atom. The Morgan fingerprint density at radius 2 is 2.11 bits per heavy atom. The van der Waals surface area contributed by atoms with Crippen molar-refractivity contribution in [3.8, 4) is 6.07 Å². The number of sulfonamides is 1. The van der Waals surface area contributed by atoms with Gasteiger partial charge < -0.3 is 15.0 Å². The van der Waals surface area contributed by atoms with E-state index in [0.717, 1.165) is 19.4 Å². The number of ether oxygens (including phenoxy) is 1. The Balaban J connectivity index is 1.84. The fourth-order valence-corrected chi connectivity index (χ4v) is 3.45. The quantitative estimate of drug-likeness (QED) is 0.784. The molecule has 1 saturated heterocycles. The number of benzene rings is 1. The van der Waals surface area contributed by atoms with Crippen molar-refractivity contribution in [2.24, 2.45) is 5.14 Å². The zero-order valence-corrected chi connectivity index (χ0v) is 15.6. The molecule has 1 aromatic carbocycles. The van der Waals surface area contributed by atoms with Crippen LogP contribution in [0.15, 0.2) is 35.4 Å². The van der Waals surface area contributed by atoms with Crippen LogP contribution in [0.25, 0.3) is 0 Å². The maximum Gasteiger partial charge on any atom is 0.238 e. The van der Waals surface area contributed by atoms with Crippen LogP contribution in [0.3, 0.4) is 0 Å². The minimum atomic E-state index is -3.74. The number of primary sulfonamides is 1. The van der Waals surface area contributed by atoms with Crippen LogP contribution in [0, 0.1) is 11.3 Å². The molecule has 9 nitrogen and oxygen atoms in total. The second-order valence-corrected chi connectivity index (χ2v) is 7.74. The van der Waals surface area contributed by atoms with E-state index >= 15 is 0 Å². The molecule has 142 valence electrons. The lowest BCUT2D eigenvalue weighted by atomic mass is 10.1. The van der Waals surface area contributed by atoms with E-state index in [1.165, 1.54) is 18.3 Å². The zero-order valence-electron chi connectivity index (χ0n) is 14.8. The lowest BCUT2D eigenvalue weighted by molar-refractivity contribution is 0.0891. The summed E-state index contributed by atoms with van der Waals surface area (Å²) >= 11 is 0. The molecule has 0 amide bonds. The van der Waals surface area contributed by atoms with Crippen LogP contribution >= 0.6 is 0 Å². The zero-order chi connectivity index (χ0) is 19.4. The van der Waals surface area contributed by atoms with Gasteiger partial charge in [-0.1, -0.05) is 0 Å². The Hall–Kier alpha value is -2.74. The predicted molar refractivity (Wildman–Crippen MR) is 100 cm³/mol. The van der Waals surface area contributed by atoms with Crippen LogP contribution in [0.4, 0.5) is 17.5 Å². The standard InChI is InChI=1S/C17H20N6O3S/c1-26-14-3-2-8-23(11-14)16-12(9-18)10-20-17(22-16)21-13-4-6-15(7-5-13)27(19,24)25/h4-7,10,14H,2-3,8,11H2,1H3,(H2,19,24,25)(H,20,21,22)/t14-/m0/s1. The molecule has 0 radical (unpaired) electrons. The maximum absolute atomic E-state index is 11.3. The van der Waals surface area contributed by atoms with Gasteiger partial charge in [0.15, 0.2) is 5.82 Å². The second kappa shape index (κ2) is 7.87. The first-order valence-corrected chi connectivity index (χ1v) is 9.90. The average Bonchev–Trinajstić information content (AvgIpc) is 2.67. The summed E-state index contributed by atoms with van der Waals surface area (Å²) in [5.41, 5.74) is 0.994.